The third-order valence-electron chi connectivity index (χ3n) is 1.07. The number of halogens is 2. The molecule has 5 heteroatoms. The Kier molecular flexibility index (Phi) is 3.32. The van der Waals surface area contributed by atoms with Crippen LogP contribution in [-0.2, 0) is 13.6 Å². The van der Waals surface area contributed by atoms with Crippen LogP contribution in [-0.4, -0.2) is 9.78 Å². The van der Waals surface area contributed by atoms with Gasteiger partial charge in [-0.15, -0.1) is 17.5 Å². The van der Waals surface area contributed by atoms with Crippen molar-refractivity contribution in [1.29, 1.82) is 0 Å². The minimum atomic E-state index is -0.472. The van der Waals surface area contributed by atoms with Crippen molar-refractivity contribution in [2.45, 2.75) is 6.54 Å². The van der Waals surface area contributed by atoms with Gasteiger partial charge in [0.1, 0.15) is 0 Å². The van der Waals surface area contributed by atoms with Crippen LogP contribution >= 0.6 is 12.4 Å². The summed E-state index contributed by atoms with van der Waals surface area (Å²) in [6.07, 6.45) is 1.56. The molecule has 0 unspecified atom stereocenters. The predicted octanol–water partition coefficient (Wildman–Crippen LogP) is 0.440. The van der Waals surface area contributed by atoms with Gasteiger partial charge in [0.15, 0.2) is 0 Å². The summed E-state index contributed by atoms with van der Waals surface area (Å²) in [5.41, 5.74) is 5.63. The lowest BCUT2D eigenvalue weighted by Crippen LogP contribution is -1.96. The fourth-order valence-corrected chi connectivity index (χ4v) is 0.647. The van der Waals surface area contributed by atoms with Gasteiger partial charge in [-0.1, -0.05) is 0 Å². The first-order chi connectivity index (χ1) is 4.24. The maximum absolute atomic E-state index is 12.4. The lowest BCUT2D eigenvalue weighted by atomic mass is 10.4. The highest BCUT2D eigenvalue weighted by atomic mass is 35.5. The molecule has 58 valence electrons. The standard InChI is InChI=1S/C5H8FN3.ClH/c1-9-3-4(2-7)5(6)8-9;/h3H,2,7H2,1H3;1H. The number of aromatic nitrogens is 2. The lowest BCUT2D eigenvalue weighted by molar-refractivity contribution is 0.545. The Morgan fingerprint density at radius 1 is 1.80 bits per heavy atom. The van der Waals surface area contributed by atoms with E-state index in [1.165, 1.54) is 4.68 Å². The number of nitrogens with two attached hydrogens (primary N) is 1. The summed E-state index contributed by atoms with van der Waals surface area (Å²) in [4.78, 5) is 0. The zero-order chi connectivity index (χ0) is 6.85. The zero-order valence-corrected chi connectivity index (χ0v) is 6.36. The van der Waals surface area contributed by atoms with E-state index >= 15 is 0 Å². The molecular weight excluding hydrogens is 157 g/mol. The first kappa shape index (κ1) is 9.39. The minimum Gasteiger partial charge on any atom is -0.326 e. The van der Waals surface area contributed by atoms with Crippen LogP contribution in [0.1, 0.15) is 5.56 Å². The molecule has 3 nitrogen and oxygen atoms in total. The van der Waals surface area contributed by atoms with Crippen LogP contribution in [0.15, 0.2) is 6.20 Å². The molecule has 0 fully saturated rings. The molecule has 1 rings (SSSR count). The second-order valence-corrected chi connectivity index (χ2v) is 1.82. The average molecular weight is 166 g/mol. The van der Waals surface area contributed by atoms with Gasteiger partial charge in [-0.2, -0.15) is 4.39 Å². The van der Waals surface area contributed by atoms with E-state index in [1.807, 2.05) is 0 Å². The number of rotatable bonds is 1. The quantitative estimate of drug-likeness (QED) is 0.656. The van der Waals surface area contributed by atoms with Crippen LogP contribution in [0.3, 0.4) is 0 Å². The Labute approximate surface area is 64.4 Å². The molecule has 1 aromatic rings. The molecule has 0 aliphatic heterocycles. The van der Waals surface area contributed by atoms with Crippen LogP contribution in [0.25, 0.3) is 0 Å². The number of nitrogens with zero attached hydrogens (tertiary/aromatic N) is 2. The largest absolute Gasteiger partial charge is 0.326 e. The van der Waals surface area contributed by atoms with E-state index in [0.29, 0.717) is 5.56 Å². The van der Waals surface area contributed by atoms with Crippen LogP contribution < -0.4 is 5.73 Å². The Morgan fingerprint density at radius 2 is 2.40 bits per heavy atom. The van der Waals surface area contributed by atoms with E-state index in [9.17, 15) is 4.39 Å². The summed E-state index contributed by atoms with van der Waals surface area (Å²) in [7, 11) is 1.66. The van der Waals surface area contributed by atoms with Crippen molar-refractivity contribution in [2.24, 2.45) is 12.8 Å². The van der Waals surface area contributed by atoms with Gasteiger partial charge in [-0.3, -0.25) is 4.68 Å². The molecule has 0 aliphatic rings. The Hall–Kier alpha value is -0.610. The number of hydrogen-bond acceptors (Lipinski definition) is 2. The summed E-state index contributed by atoms with van der Waals surface area (Å²) < 4.78 is 13.8. The third kappa shape index (κ3) is 1.68. The summed E-state index contributed by atoms with van der Waals surface area (Å²) in [5.74, 6) is -0.472. The van der Waals surface area contributed by atoms with Gasteiger partial charge < -0.3 is 5.73 Å². The molecule has 0 aromatic carbocycles. The number of hydrogen-bond donors (Lipinski definition) is 1. The van der Waals surface area contributed by atoms with Crippen LogP contribution in [0.2, 0.25) is 0 Å². The summed E-state index contributed by atoms with van der Waals surface area (Å²) in [5, 5.41) is 3.45. The SMILES string of the molecule is Cl.Cn1cc(CN)c(F)n1. The molecule has 0 saturated carbocycles. The Morgan fingerprint density at radius 3 is 2.60 bits per heavy atom. The summed E-state index contributed by atoms with van der Waals surface area (Å²) in [6.45, 7) is 0.208. The minimum absolute atomic E-state index is 0. The fraction of sp³-hybridized carbons (Fsp3) is 0.400. The van der Waals surface area contributed by atoms with Crippen LogP contribution in [0.5, 0.6) is 0 Å². The third-order valence-corrected chi connectivity index (χ3v) is 1.07. The molecule has 10 heavy (non-hydrogen) atoms. The van der Waals surface area contributed by atoms with Gasteiger partial charge in [-0.25, -0.2) is 0 Å². The molecule has 0 spiro atoms. The topological polar surface area (TPSA) is 43.8 Å². The molecule has 2 N–H and O–H groups in total. The molecule has 0 radical (unpaired) electrons. The second kappa shape index (κ2) is 3.53. The van der Waals surface area contributed by atoms with Gasteiger partial charge in [0, 0.05) is 25.4 Å². The van der Waals surface area contributed by atoms with Gasteiger partial charge >= 0.3 is 0 Å². The van der Waals surface area contributed by atoms with Gasteiger partial charge in [0.05, 0.1) is 0 Å². The van der Waals surface area contributed by atoms with Crippen molar-refractivity contribution in [3.63, 3.8) is 0 Å². The van der Waals surface area contributed by atoms with E-state index in [4.69, 9.17) is 5.73 Å². The highest BCUT2D eigenvalue weighted by Crippen LogP contribution is 2.00. The van der Waals surface area contributed by atoms with Crippen molar-refractivity contribution in [2.75, 3.05) is 0 Å². The van der Waals surface area contributed by atoms with Crippen molar-refractivity contribution in [3.8, 4) is 0 Å². The molecule has 0 bridgehead atoms. The monoisotopic (exact) mass is 165 g/mol. The van der Waals surface area contributed by atoms with Crippen LogP contribution in [0, 0.1) is 5.95 Å². The maximum Gasteiger partial charge on any atom is 0.237 e. The molecular formula is C5H9ClFN3. The summed E-state index contributed by atoms with van der Waals surface area (Å²) in [6, 6.07) is 0. The maximum atomic E-state index is 12.4. The highest BCUT2D eigenvalue weighted by Gasteiger charge is 2.02. The normalized spacial score (nSPS) is 9.10. The lowest BCUT2D eigenvalue weighted by Gasteiger charge is -1.82. The van der Waals surface area contributed by atoms with Gasteiger partial charge in [-0.05, 0) is 0 Å². The Balaban J connectivity index is 0.000000810. The Bertz CT molecular complexity index is 211. The highest BCUT2D eigenvalue weighted by molar-refractivity contribution is 5.85. The predicted molar refractivity (Wildman–Crippen MR) is 38.3 cm³/mol. The molecule has 0 atom stereocenters. The first-order valence-corrected chi connectivity index (χ1v) is 2.62. The van der Waals surface area contributed by atoms with E-state index in [-0.39, 0.29) is 19.0 Å². The molecule has 0 aliphatic carbocycles. The zero-order valence-electron chi connectivity index (χ0n) is 5.54. The second-order valence-electron chi connectivity index (χ2n) is 1.82. The molecule has 0 saturated heterocycles. The fourth-order valence-electron chi connectivity index (χ4n) is 0.647. The smallest absolute Gasteiger partial charge is 0.237 e. The van der Waals surface area contributed by atoms with Crippen molar-refractivity contribution >= 4 is 12.4 Å². The van der Waals surface area contributed by atoms with E-state index < -0.39 is 5.95 Å². The average Bonchev–Trinajstić information content (AvgIpc) is 2.10. The van der Waals surface area contributed by atoms with E-state index in [2.05, 4.69) is 5.10 Å². The molecule has 1 aromatic heterocycles. The first-order valence-electron chi connectivity index (χ1n) is 2.62. The van der Waals surface area contributed by atoms with Crippen molar-refractivity contribution in [1.82, 2.24) is 9.78 Å². The van der Waals surface area contributed by atoms with E-state index in [1.54, 1.807) is 13.2 Å². The summed E-state index contributed by atoms with van der Waals surface area (Å²) >= 11 is 0. The van der Waals surface area contributed by atoms with Gasteiger partial charge in [0.2, 0.25) is 5.95 Å². The molecule has 1 heterocycles. The van der Waals surface area contributed by atoms with Gasteiger partial charge in [0.25, 0.3) is 0 Å². The van der Waals surface area contributed by atoms with E-state index in [0.717, 1.165) is 0 Å². The number of aryl methyl sites for hydroxylation is 1. The molecule has 0 amide bonds. The van der Waals surface area contributed by atoms with Crippen LogP contribution in [0.4, 0.5) is 4.39 Å². The van der Waals surface area contributed by atoms with Crippen molar-refractivity contribution in [3.05, 3.63) is 17.7 Å². The van der Waals surface area contributed by atoms with Crippen molar-refractivity contribution < 1.29 is 4.39 Å².